The van der Waals surface area contributed by atoms with Gasteiger partial charge < -0.3 is 4.90 Å². The summed E-state index contributed by atoms with van der Waals surface area (Å²) in [5.41, 5.74) is 1.33. The van der Waals surface area contributed by atoms with E-state index in [1.165, 1.54) is 10.4 Å². The Labute approximate surface area is 138 Å². The quantitative estimate of drug-likeness (QED) is 0.478. The highest BCUT2D eigenvalue weighted by molar-refractivity contribution is 7.99. The Balaban J connectivity index is 2.19. The topological polar surface area (TPSA) is 38.1 Å². The van der Waals surface area contributed by atoms with Crippen molar-refractivity contribution >= 4 is 33.3 Å². The Bertz CT molecular complexity index is 763. The molecule has 3 rings (SSSR count). The minimum absolute atomic E-state index is 0.102. The molecule has 0 amide bonds. The third-order valence-corrected chi connectivity index (χ3v) is 6.16. The normalized spacial score (nSPS) is 15.2. The van der Waals surface area contributed by atoms with Gasteiger partial charge in [-0.1, -0.05) is 24.8 Å². The van der Waals surface area contributed by atoms with Crippen LogP contribution in [0, 0.1) is 0 Å². The highest BCUT2D eigenvalue weighted by Crippen LogP contribution is 2.33. The first-order valence-electron chi connectivity index (χ1n) is 7.63. The van der Waals surface area contributed by atoms with E-state index in [1.54, 1.807) is 33.7 Å². The smallest absolute Gasteiger partial charge is 0.263 e. The molecule has 0 bridgehead atoms. The molecule has 1 aliphatic heterocycles. The van der Waals surface area contributed by atoms with Gasteiger partial charge in [-0.25, -0.2) is 4.98 Å². The van der Waals surface area contributed by atoms with Crippen LogP contribution in [0.2, 0.25) is 0 Å². The minimum Gasteiger partial charge on any atom is -0.301 e. The minimum atomic E-state index is 0.102. The highest BCUT2D eigenvalue weighted by atomic mass is 32.2. The zero-order valence-electron chi connectivity index (χ0n) is 13.1. The number of aromatic nitrogens is 2. The summed E-state index contributed by atoms with van der Waals surface area (Å²) in [7, 11) is 2.12. The van der Waals surface area contributed by atoms with Gasteiger partial charge in [-0.3, -0.25) is 9.36 Å². The molecule has 2 aromatic heterocycles. The van der Waals surface area contributed by atoms with Crippen LogP contribution >= 0.6 is 23.1 Å². The van der Waals surface area contributed by atoms with Crippen LogP contribution in [0.15, 0.2) is 22.6 Å². The fraction of sp³-hybridized carbons (Fsp3) is 0.500. The maximum atomic E-state index is 13.0. The zero-order chi connectivity index (χ0) is 15.7. The molecule has 6 heteroatoms. The highest BCUT2D eigenvalue weighted by Gasteiger charge is 2.23. The summed E-state index contributed by atoms with van der Waals surface area (Å²) in [5.74, 6) is 0.975. The van der Waals surface area contributed by atoms with E-state index in [4.69, 9.17) is 4.98 Å². The molecule has 4 nitrogen and oxygen atoms in total. The summed E-state index contributed by atoms with van der Waals surface area (Å²) in [6.07, 6.45) is 3.79. The predicted molar refractivity (Wildman–Crippen MR) is 95.1 cm³/mol. The summed E-state index contributed by atoms with van der Waals surface area (Å²) in [4.78, 5) is 22.3. The summed E-state index contributed by atoms with van der Waals surface area (Å²) >= 11 is 3.35. The van der Waals surface area contributed by atoms with Gasteiger partial charge in [0.2, 0.25) is 0 Å². The van der Waals surface area contributed by atoms with Gasteiger partial charge in [-0.2, -0.15) is 0 Å². The monoisotopic (exact) mass is 335 g/mol. The van der Waals surface area contributed by atoms with Crippen LogP contribution in [0.3, 0.4) is 0 Å². The van der Waals surface area contributed by atoms with E-state index in [2.05, 4.69) is 25.5 Å². The Morgan fingerprint density at radius 3 is 3.05 bits per heavy atom. The number of hydrogen-bond donors (Lipinski definition) is 0. The fourth-order valence-electron chi connectivity index (χ4n) is 2.78. The van der Waals surface area contributed by atoms with Crippen LogP contribution < -0.4 is 5.56 Å². The second-order valence-electron chi connectivity index (χ2n) is 5.62. The fourth-order valence-corrected chi connectivity index (χ4v) is 4.98. The lowest BCUT2D eigenvalue weighted by Gasteiger charge is -2.21. The van der Waals surface area contributed by atoms with Crippen molar-refractivity contribution in [2.24, 2.45) is 0 Å². The maximum absolute atomic E-state index is 13.0. The average Bonchev–Trinajstić information content (AvgIpc) is 2.85. The molecule has 0 unspecified atom stereocenters. The summed E-state index contributed by atoms with van der Waals surface area (Å²) in [6.45, 7) is 8.38. The molecule has 3 heterocycles. The Hall–Kier alpha value is -1.11. The van der Waals surface area contributed by atoms with Gasteiger partial charge in [-0.05, 0) is 25.5 Å². The molecule has 1 aliphatic rings. The number of thiophene rings is 1. The molecule has 0 spiro atoms. The number of hydrogen-bond acceptors (Lipinski definition) is 5. The van der Waals surface area contributed by atoms with Gasteiger partial charge in [0.25, 0.3) is 5.56 Å². The largest absolute Gasteiger partial charge is 0.301 e. The van der Waals surface area contributed by atoms with Crippen LogP contribution in [0.1, 0.15) is 23.8 Å². The number of thioether (sulfide) groups is 1. The second kappa shape index (κ2) is 6.56. The van der Waals surface area contributed by atoms with Crippen molar-refractivity contribution < 1.29 is 0 Å². The molecule has 2 aromatic rings. The Morgan fingerprint density at radius 2 is 2.32 bits per heavy atom. The average molecular weight is 335 g/mol. The van der Waals surface area contributed by atoms with Gasteiger partial charge in [0, 0.05) is 30.3 Å². The van der Waals surface area contributed by atoms with Crippen molar-refractivity contribution in [1.82, 2.24) is 14.5 Å². The van der Waals surface area contributed by atoms with Gasteiger partial charge in [0.05, 0.1) is 5.39 Å². The van der Waals surface area contributed by atoms with Crippen molar-refractivity contribution in [3.8, 4) is 0 Å². The van der Waals surface area contributed by atoms with Crippen LogP contribution in [-0.2, 0) is 19.5 Å². The van der Waals surface area contributed by atoms with Crippen molar-refractivity contribution in [3.63, 3.8) is 0 Å². The predicted octanol–water partition coefficient (Wildman–Crippen LogP) is 3.13. The van der Waals surface area contributed by atoms with Gasteiger partial charge in [0.15, 0.2) is 5.16 Å². The van der Waals surface area contributed by atoms with Crippen LogP contribution in [-0.4, -0.2) is 33.8 Å². The first kappa shape index (κ1) is 15.8. The SMILES string of the molecule is C=CCn1c(SCCC)nc2sc3c(c2c1=O)CCN(C)C3. The molecule has 0 atom stereocenters. The van der Waals surface area contributed by atoms with E-state index in [9.17, 15) is 4.79 Å². The van der Waals surface area contributed by atoms with Crippen molar-refractivity contribution in [1.29, 1.82) is 0 Å². The van der Waals surface area contributed by atoms with E-state index >= 15 is 0 Å². The lowest BCUT2D eigenvalue weighted by molar-refractivity contribution is 0.318. The number of rotatable bonds is 5. The van der Waals surface area contributed by atoms with Crippen molar-refractivity contribution in [2.45, 2.75) is 38.0 Å². The summed E-state index contributed by atoms with van der Waals surface area (Å²) < 4.78 is 1.78. The van der Waals surface area contributed by atoms with Crippen molar-refractivity contribution in [3.05, 3.63) is 33.4 Å². The van der Waals surface area contributed by atoms with Gasteiger partial charge >= 0.3 is 0 Å². The van der Waals surface area contributed by atoms with E-state index in [1.807, 2.05) is 0 Å². The van der Waals surface area contributed by atoms with Gasteiger partial charge in [-0.15, -0.1) is 17.9 Å². The number of nitrogens with zero attached hydrogens (tertiary/aromatic N) is 3. The van der Waals surface area contributed by atoms with Crippen LogP contribution in [0.5, 0.6) is 0 Å². The molecule has 0 saturated carbocycles. The third-order valence-electron chi connectivity index (χ3n) is 3.86. The third kappa shape index (κ3) is 2.75. The van der Waals surface area contributed by atoms with Crippen LogP contribution in [0.25, 0.3) is 10.2 Å². The molecule has 0 aliphatic carbocycles. The zero-order valence-corrected chi connectivity index (χ0v) is 14.7. The van der Waals surface area contributed by atoms with E-state index < -0.39 is 0 Å². The lowest BCUT2D eigenvalue weighted by Crippen LogP contribution is -2.27. The Morgan fingerprint density at radius 1 is 1.50 bits per heavy atom. The van der Waals surface area contributed by atoms with Gasteiger partial charge in [0.1, 0.15) is 4.83 Å². The first-order valence-corrected chi connectivity index (χ1v) is 9.43. The summed E-state index contributed by atoms with van der Waals surface area (Å²) in [5, 5.41) is 1.67. The molecule has 22 heavy (non-hydrogen) atoms. The van der Waals surface area contributed by atoms with Crippen LogP contribution in [0.4, 0.5) is 0 Å². The number of fused-ring (bicyclic) bond motifs is 3. The van der Waals surface area contributed by atoms with E-state index in [-0.39, 0.29) is 5.56 Å². The molecule has 0 saturated heterocycles. The summed E-state index contributed by atoms with van der Waals surface area (Å²) in [6, 6.07) is 0. The Kier molecular flexibility index (Phi) is 4.70. The second-order valence-corrected chi connectivity index (χ2v) is 7.76. The first-order chi connectivity index (χ1) is 10.7. The molecule has 0 N–H and O–H groups in total. The molecule has 0 radical (unpaired) electrons. The molecular weight excluding hydrogens is 314 g/mol. The maximum Gasteiger partial charge on any atom is 0.263 e. The molecular formula is C16H21N3OS2. The number of likely N-dealkylation sites (N-methyl/N-ethyl adjacent to an activating group) is 1. The number of allylic oxidation sites excluding steroid dienone is 1. The molecule has 0 fully saturated rings. The van der Waals surface area contributed by atoms with E-state index in [0.29, 0.717) is 6.54 Å². The van der Waals surface area contributed by atoms with Crippen molar-refractivity contribution in [2.75, 3.05) is 19.3 Å². The van der Waals surface area contributed by atoms with E-state index in [0.717, 1.165) is 47.1 Å². The molecule has 118 valence electrons. The standard InChI is InChI=1S/C16H21N3OS2/c1-4-7-19-15(20)13-11-6-8-18(3)10-12(11)22-14(13)17-16(19)21-9-5-2/h4H,1,5-10H2,2-3H3. The molecule has 0 aromatic carbocycles. The lowest BCUT2D eigenvalue weighted by atomic mass is 10.1.